The average molecular weight is 426 g/mol. The molecule has 158 valence electrons. The van der Waals surface area contributed by atoms with Crippen LogP contribution in [0.5, 0.6) is 0 Å². The number of para-hydroxylation sites is 1. The number of fused-ring (bicyclic) bond motifs is 1. The van der Waals surface area contributed by atoms with Crippen LogP contribution in [0.1, 0.15) is 37.8 Å². The summed E-state index contributed by atoms with van der Waals surface area (Å²) >= 11 is 0. The zero-order valence-corrected chi connectivity index (χ0v) is 18.2. The summed E-state index contributed by atoms with van der Waals surface area (Å²) in [6, 6.07) is 14.2. The van der Waals surface area contributed by atoms with Gasteiger partial charge < -0.3 is 9.88 Å². The lowest BCUT2D eigenvalue weighted by Crippen LogP contribution is -2.35. The molecule has 1 atom stereocenters. The summed E-state index contributed by atoms with van der Waals surface area (Å²) in [5, 5.41) is 3.79. The van der Waals surface area contributed by atoms with Crippen molar-refractivity contribution in [3.8, 4) is 0 Å². The average Bonchev–Trinajstić information content (AvgIpc) is 3.18. The molecule has 6 nitrogen and oxygen atoms in total. The topological polar surface area (TPSA) is 71.4 Å². The second kappa shape index (κ2) is 8.24. The highest BCUT2D eigenvalue weighted by molar-refractivity contribution is 7.89. The number of rotatable bonds is 5. The fourth-order valence-electron chi connectivity index (χ4n) is 3.97. The fourth-order valence-corrected chi connectivity index (χ4v) is 5.52. The molecular formula is C23H27N3O3S. The van der Waals surface area contributed by atoms with Crippen LogP contribution in [0.15, 0.2) is 59.6 Å². The number of sulfonamides is 1. The van der Waals surface area contributed by atoms with Crippen LogP contribution >= 0.6 is 0 Å². The Bertz CT molecular complexity index is 1180. The molecular weight excluding hydrogens is 398 g/mol. The molecule has 1 unspecified atom stereocenters. The number of carbonyl (C=O) groups excluding carboxylic acids is 1. The SMILES string of the molecule is Cc1ccccc1NC(=O)C(C)n1ccc2cc(S(=O)(=O)N3CCCCC3)ccc21. The molecule has 4 rings (SSSR count). The van der Waals surface area contributed by atoms with Gasteiger partial charge in [0.05, 0.1) is 4.90 Å². The van der Waals surface area contributed by atoms with Crippen LogP contribution in [-0.4, -0.2) is 36.3 Å². The molecule has 0 saturated carbocycles. The predicted octanol–water partition coefficient (Wildman–Crippen LogP) is 4.32. The number of nitrogens with zero attached hydrogens (tertiary/aromatic N) is 2. The van der Waals surface area contributed by atoms with Crippen molar-refractivity contribution in [1.29, 1.82) is 0 Å². The van der Waals surface area contributed by atoms with E-state index in [1.54, 1.807) is 22.5 Å². The molecule has 0 aliphatic carbocycles. The molecule has 7 heteroatoms. The van der Waals surface area contributed by atoms with Gasteiger partial charge in [-0.15, -0.1) is 0 Å². The number of aryl methyl sites for hydroxylation is 1. The number of anilines is 1. The lowest BCUT2D eigenvalue weighted by atomic mass is 10.2. The summed E-state index contributed by atoms with van der Waals surface area (Å²) in [4.78, 5) is 13.1. The first-order valence-corrected chi connectivity index (χ1v) is 11.8. The van der Waals surface area contributed by atoms with E-state index >= 15 is 0 Å². The minimum absolute atomic E-state index is 0.119. The van der Waals surface area contributed by atoms with E-state index in [0.717, 1.165) is 41.4 Å². The Balaban J connectivity index is 1.59. The molecule has 2 aromatic carbocycles. The Kier molecular flexibility index (Phi) is 5.66. The van der Waals surface area contributed by atoms with E-state index in [-0.39, 0.29) is 5.91 Å². The van der Waals surface area contributed by atoms with Crippen LogP contribution < -0.4 is 5.32 Å². The summed E-state index contributed by atoms with van der Waals surface area (Å²) in [7, 11) is -3.48. The molecule has 1 aliphatic heterocycles. The lowest BCUT2D eigenvalue weighted by molar-refractivity contribution is -0.118. The number of piperidine rings is 1. The summed E-state index contributed by atoms with van der Waals surface area (Å²) in [6.45, 7) is 4.95. The molecule has 1 aromatic heterocycles. The molecule has 30 heavy (non-hydrogen) atoms. The van der Waals surface area contributed by atoms with E-state index < -0.39 is 16.1 Å². The van der Waals surface area contributed by atoms with Gasteiger partial charge in [-0.2, -0.15) is 4.31 Å². The van der Waals surface area contributed by atoms with Gasteiger partial charge in [0.25, 0.3) is 0 Å². The van der Waals surface area contributed by atoms with Gasteiger partial charge in [0.2, 0.25) is 15.9 Å². The first-order chi connectivity index (χ1) is 14.4. The number of hydrogen-bond donors (Lipinski definition) is 1. The van der Waals surface area contributed by atoms with Gasteiger partial charge in [-0.3, -0.25) is 4.79 Å². The molecule has 1 N–H and O–H groups in total. The molecule has 1 fully saturated rings. The first kappa shape index (κ1) is 20.6. The van der Waals surface area contributed by atoms with Gasteiger partial charge in [0.15, 0.2) is 0 Å². The Morgan fingerprint density at radius 2 is 1.77 bits per heavy atom. The normalized spacial score (nSPS) is 16.5. The zero-order valence-electron chi connectivity index (χ0n) is 17.3. The molecule has 1 aliphatic rings. The zero-order chi connectivity index (χ0) is 21.3. The van der Waals surface area contributed by atoms with Crippen LogP contribution in [-0.2, 0) is 14.8 Å². The standard InChI is InChI=1S/C23H27N3O3S/c1-17-8-4-5-9-21(17)24-23(27)18(2)26-15-12-19-16-20(10-11-22(19)26)30(28,29)25-13-6-3-7-14-25/h4-5,8-12,15-16,18H,3,6-7,13-14H2,1-2H3,(H,24,27). The molecule has 1 saturated heterocycles. The minimum Gasteiger partial charge on any atom is -0.335 e. The largest absolute Gasteiger partial charge is 0.335 e. The Hall–Kier alpha value is -2.64. The Morgan fingerprint density at radius 1 is 1.03 bits per heavy atom. The van der Waals surface area contributed by atoms with Gasteiger partial charge in [0, 0.05) is 35.9 Å². The highest BCUT2D eigenvalue weighted by atomic mass is 32.2. The third kappa shape index (κ3) is 3.87. The van der Waals surface area contributed by atoms with E-state index in [2.05, 4.69) is 5.32 Å². The van der Waals surface area contributed by atoms with E-state index in [9.17, 15) is 13.2 Å². The quantitative estimate of drug-likeness (QED) is 0.662. The second-order valence-electron chi connectivity index (χ2n) is 7.89. The molecule has 2 heterocycles. The summed E-state index contributed by atoms with van der Waals surface area (Å²) in [6.07, 6.45) is 4.73. The number of amides is 1. The molecule has 1 amide bonds. The van der Waals surface area contributed by atoms with Crippen molar-refractivity contribution in [3.05, 3.63) is 60.3 Å². The van der Waals surface area contributed by atoms with Gasteiger partial charge in [-0.1, -0.05) is 24.6 Å². The van der Waals surface area contributed by atoms with Crippen molar-refractivity contribution in [2.75, 3.05) is 18.4 Å². The van der Waals surface area contributed by atoms with Crippen molar-refractivity contribution in [1.82, 2.24) is 8.87 Å². The predicted molar refractivity (Wildman–Crippen MR) is 119 cm³/mol. The van der Waals surface area contributed by atoms with Crippen molar-refractivity contribution in [2.45, 2.75) is 44.0 Å². The summed E-state index contributed by atoms with van der Waals surface area (Å²) in [5.74, 6) is -0.119. The van der Waals surface area contributed by atoms with Crippen molar-refractivity contribution < 1.29 is 13.2 Å². The lowest BCUT2D eigenvalue weighted by Gasteiger charge is -2.26. The van der Waals surface area contributed by atoms with Crippen LogP contribution in [0.2, 0.25) is 0 Å². The van der Waals surface area contributed by atoms with Crippen molar-refractivity contribution >= 4 is 32.5 Å². The highest BCUT2D eigenvalue weighted by Crippen LogP contribution is 2.27. The van der Waals surface area contributed by atoms with Gasteiger partial charge >= 0.3 is 0 Å². The van der Waals surface area contributed by atoms with E-state index in [1.165, 1.54) is 0 Å². The Morgan fingerprint density at radius 3 is 2.50 bits per heavy atom. The van der Waals surface area contributed by atoms with Crippen LogP contribution in [0, 0.1) is 6.92 Å². The van der Waals surface area contributed by atoms with Gasteiger partial charge in [-0.25, -0.2) is 8.42 Å². The van der Waals surface area contributed by atoms with E-state index in [0.29, 0.717) is 18.0 Å². The fraction of sp³-hybridized carbons (Fsp3) is 0.348. The van der Waals surface area contributed by atoms with Crippen LogP contribution in [0.4, 0.5) is 5.69 Å². The third-order valence-electron chi connectivity index (χ3n) is 5.84. The van der Waals surface area contributed by atoms with E-state index in [1.807, 2.05) is 54.9 Å². The molecule has 0 bridgehead atoms. The maximum Gasteiger partial charge on any atom is 0.247 e. The highest BCUT2D eigenvalue weighted by Gasteiger charge is 2.26. The maximum absolute atomic E-state index is 13.0. The third-order valence-corrected chi connectivity index (χ3v) is 7.74. The summed E-state index contributed by atoms with van der Waals surface area (Å²) < 4.78 is 29.4. The van der Waals surface area contributed by atoms with Crippen molar-refractivity contribution in [3.63, 3.8) is 0 Å². The number of carbonyl (C=O) groups is 1. The van der Waals surface area contributed by atoms with Crippen molar-refractivity contribution in [2.24, 2.45) is 0 Å². The Labute approximate surface area is 177 Å². The van der Waals surface area contributed by atoms with E-state index in [4.69, 9.17) is 0 Å². The number of benzene rings is 2. The first-order valence-electron chi connectivity index (χ1n) is 10.4. The van der Waals surface area contributed by atoms with Gasteiger partial charge in [-0.05, 0) is 62.6 Å². The van der Waals surface area contributed by atoms with Gasteiger partial charge in [0.1, 0.15) is 6.04 Å². The number of nitrogens with one attached hydrogen (secondary N) is 1. The maximum atomic E-state index is 13.0. The second-order valence-corrected chi connectivity index (χ2v) is 9.83. The monoisotopic (exact) mass is 425 g/mol. The molecule has 3 aromatic rings. The molecule has 0 spiro atoms. The summed E-state index contributed by atoms with van der Waals surface area (Å²) in [5.41, 5.74) is 2.63. The van der Waals surface area contributed by atoms with Crippen LogP contribution in [0.3, 0.4) is 0 Å². The van der Waals surface area contributed by atoms with Crippen LogP contribution in [0.25, 0.3) is 10.9 Å². The number of aromatic nitrogens is 1. The number of hydrogen-bond acceptors (Lipinski definition) is 3. The molecule has 0 radical (unpaired) electrons. The minimum atomic E-state index is -3.48. The smallest absolute Gasteiger partial charge is 0.247 e.